The Hall–Kier alpha value is -1.72. The number of hydrogen-bond donors (Lipinski definition) is 2. The molecule has 1 heterocycles. The number of aliphatic hydroxyl groups is 2. The average molecular weight is 278 g/mol. The molecule has 1 fully saturated rings. The van der Waals surface area contributed by atoms with Crippen LogP contribution < -0.4 is 0 Å². The van der Waals surface area contributed by atoms with Gasteiger partial charge >= 0.3 is 5.97 Å². The van der Waals surface area contributed by atoms with Crippen molar-refractivity contribution in [1.29, 1.82) is 0 Å². The predicted octanol–water partition coefficient (Wildman–Crippen LogP) is 0.671. The number of allylic oxidation sites excluding steroid dienone is 2. The minimum atomic E-state index is -1.34. The molecule has 4 atom stereocenters. The minimum absolute atomic E-state index is 0.0134. The molecular weight excluding hydrogens is 260 g/mol. The van der Waals surface area contributed by atoms with Crippen molar-refractivity contribution in [2.75, 3.05) is 0 Å². The summed E-state index contributed by atoms with van der Waals surface area (Å²) >= 11 is 0. The molecular formula is C15H18O5. The highest BCUT2D eigenvalue weighted by Crippen LogP contribution is 2.35. The van der Waals surface area contributed by atoms with Gasteiger partial charge in [0.2, 0.25) is 0 Å². The van der Waals surface area contributed by atoms with Crippen molar-refractivity contribution in [2.24, 2.45) is 5.92 Å². The largest absolute Gasteiger partial charge is 0.454 e. The zero-order chi connectivity index (χ0) is 15.1. The number of fused-ring (bicyclic) bond motifs is 1. The molecule has 108 valence electrons. The highest BCUT2D eigenvalue weighted by atomic mass is 16.6. The summed E-state index contributed by atoms with van der Waals surface area (Å²) in [6.45, 7) is 6.73. The number of carbonyl (C=O) groups excluding carboxylic acids is 2. The molecule has 2 aliphatic rings. The van der Waals surface area contributed by atoms with Crippen LogP contribution in [0.2, 0.25) is 0 Å². The summed E-state index contributed by atoms with van der Waals surface area (Å²) in [5.41, 5.74) is -0.786. The number of carbonyl (C=O) groups is 2. The van der Waals surface area contributed by atoms with Gasteiger partial charge in [-0.25, -0.2) is 4.79 Å². The lowest BCUT2D eigenvalue weighted by molar-refractivity contribution is -0.137. The molecule has 0 unspecified atom stereocenters. The van der Waals surface area contributed by atoms with Crippen LogP contribution in [0.5, 0.6) is 0 Å². The van der Waals surface area contributed by atoms with Crippen LogP contribution in [0.3, 0.4) is 0 Å². The Morgan fingerprint density at radius 3 is 2.75 bits per heavy atom. The van der Waals surface area contributed by atoms with E-state index in [9.17, 15) is 19.8 Å². The van der Waals surface area contributed by atoms with Gasteiger partial charge in [-0.15, -0.1) is 0 Å². The smallest absolute Gasteiger partial charge is 0.334 e. The molecule has 1 saturated heterocycles. The monoisotopic (exact) mass is 278 g/mol. The van der Waals surface area contributed by atoms with E-state index in [2.05, 4.69) is 6.58 Å². The first kappa shape index (κ1) is 14.7. The van der Waals surface area contributed by atoms with E-state index in [4.69, 9.17) is 4.74 Å². The van der Waals surface area contributed by atoms with E-state index in [1.54, 1.807) is 6.92 Å². The number of aliphatic hydroxyl groups excluding tert-OH is 1. The molecule has 0 aromatic carbocycles. The SMILES string of the molecule is C=C1C(=O)O[C@@H]2/C=C(/C)C(=O)/C=C/[C@](C)(O)C[C@@H](O)[C@@H]12. The quantitative estimate of drug-likeness (QED) is 0.502. The van der Waals surface area contributed by atoms with Crippen molar-refractivity contribution >= 4 is 11.8 Å². The molecule has 0 aromatic heterocycles. The Bertz CT molecular complexity index is 526. The lowest BCUT2D eigenvalue weighted by Crippen LogP contribution is -2.36. The minimum Gasteiger partial charge on any atom is -0.454 e. The second-order valence-corrected chi connectivity index (χ2v) is 5.60. The highest BCUT2D eigenvalue weighted by Gasteiger charge is 2.43. The number of rotatable bonds is 0. The number of ether oxygens (including phenoxy) is 1. The Labute approximate surface area is 117 Å². The van der Waals surface area contributed by atoms with Crippen molar-refractivity contribution < 1.29 is 24.5 Å². The van der Waals surface area contributed by atoms with E-state index in [1.807, 2.05) is 0 Å². The maximum atomic E-state index is 11.9. The summed E-state index contributed by atoms with van der Waals surface area (Å²) in [6, 6.07) is 0. The number of ketones is 1. The van der Waals surface area contributed by atoms with Gasteiger partial charge in [-0.2, -0.15) is 0 Å². The van der Waals surface area contributed by atoms with Crippen molar-refractivity contribution in [2.45, 2.75) is 38.1 Å². The Kier molecular flexibility index (Phi) is 3.67. The topological polar surface area (TPSA) is 83.8 Å². The summed E-state index contributed by atoms with van der Waals surface area (Å²) in [6.07, 6.45) is 2.42. The first-order valence-corrected chi connectivity index (χ1v) is 6.43. The number of hydrogen-bond acceptors (Lipinski definition) is 5. The van der Waals surface area contributed by atoms with E-state index >= 15 is 0 Å². The molecule has 1 aliphatic heterocycles. The zero-order valence-electron chi connectivity index (χ0n) is 11.5. The predicted molar refractivity (Wildman–Crippen MR) is 71.7 cm³/mol. The second kappa shape index (κ2) is 5.00. The third-order valence-corrected chi connectivity index (χ3v) is 3.70. The van der Waals surface area contributed by atoms with E-state index in [1.165, 1.54) is 25.2 Å². The fraction of sp³-hybridized carbons (Fsp3) is 0.467. The molecule has 5 nitrogen and oxygen atoms in total. The molecule has 2 N–H and O–H groups in total. The standard InChI is InChI=1S/C15H18O5/c1-8-6-12-13(9(2)14(18)20-12)11(17)7-15(3,19)5-4-10(8)16/h4-6,11-13,17,19H,2,7H2,1,3H3/b5-4+,8-6-/t11-,12-,13-,15+/m1/s1. The molecule has 5 heteroatoms. The Balaban J connectivity index is 2.45. The normalized spacial score (nSPS) is 42.5. The third kappa shape index (κ3) is 2.73. The maximum Gasteiger partial charge on any atom is 0.334 e. The van der Waals surface area contributed by atoms with Crippen LogP contribution in [-0.4, -0.2) is 39.8 Å². The zero-order valence-corrected chi connectivity index (χ0v) is 11.5. The third-order valence-electron chi connectivity index (χ3n) is 3.70. The van der Waals surface area contributed by atoms with Crippen LogP contribution in [0.15, 0.2) is 36.0 Å². The van der Waals surface area contributed by atoms with Crippen LogP contribution in [0.1, 0.15) is 20.3 Å². The van der Waals surface area contributed by atoms with Gasteiger partial charge in [-0.05, 0) is 37.6 Å². The molecule has 0 spiro atoms. The van der Waals surface area contributed by atoms with Gasteiger partial charge < -0.3 is 14.9 Å². The molecule has 0 aromatic rings. The van der Waals surface area contributed by atoms with Crippen molar-refractivity contribution in [3.63, 3.8) is 0 Å². The highest BCUT2D eigenvalue weighted by molar-refractivity contribution is 6.03. The summed E-state index contributed by atoms with van der Waals surface area (Å²) in [4.78, 5) is 23.5. The fourth-order valence-corrected chi connectivity index (χ4v) is 2.53. The van der Waals surface area contributed by atoms with E-state index in [0.717, 1.165) is 0 Å². The molecule has 20 heavy (non-hydrogen) atoms. The van der Waals surface area contributed by atoms with Gasteiger partial charge in [-0.3, -0.25) is 4.79 Å². The van der Waals surface area contributed by atoms with Crippen LogP contribution in [0.25, 0.3) is 0 Å². The van der Waals surface area contributed by atoms with Crippen LogP contribution in [0.4, 0.5) is 0 Å². The van der Waals surface area contributed by atoms with Gasteiger partial charge in [0.15, 0.2) is 5.78 Å². The van der Waals surface area contributed by atoms with Crippen molar-refractivity contribution in [3.8, 4) is 0 Å². The van der Waals surface area contributed by atoms with E-state index in [0.29, 0.717) is 5.57 Å². The summed E-state index contributed by atoms with van der Waals surface area (Å²) in [7, 11) is 0. The van der Waals surface area contributed by atoms with Crippen molar-refractivity contribution in [1.82, 2.24) is 0 Å². The number of esters is 1. The molecule has 1 aliphatic carbocycles. The van der Waals surface area contributed by atoms with Crippen LogP contribution in [0, 0.1) is 5.92 Å². The van der Waals surface area contributed by atoms with Gasteiger partial charge in [0.05, 0.1) is 17.6 Å². The fourth-order valence-electron chi connectivity index (χ4n) is 2.53. The molecule has 0 bridgehead atoms. The van der Waals surface area contributed by atoms with Gasteiger partial charge in [0.25, 0.3) is 0 Å². The van der Waals surface area contributed by atoms with Crippen LogP contribution >= 0.6 is 0 Å². The van der Waals surface area contributed by atoms with Gasteiger partial charge in [0.1, 0.15) is 6.10 Å². The van der Waals surface area contributed by atoms with E-state index < -0.39 is 29.7 Å². The lowest BCUT2D eigenvalue weighted by Gasteiger charge is -2.28. The van der Waals surface area contributed by atoms with Crippen LogP contribution in [-0.2, 0) is 14.3 Å². The molecule has 0 saturated carbocycles. The summed E-state index contributed by atoms with van der Waals surface area (Å²) in [5, 5.41) is 20.4. The summed E-state index contributed by atoms with van der Waals surface area (Å²) in [5.74, 6) is -1.50. The first-order valence-electron chi connectivity index (χ1n) is 6.43. The average Bonchev–Trinajstić information content (AvgIpc) is 2.60. The second-order valence-electron chi connectivity index (χ2n) is 5.60. The summed E-state index contributed by atoms with van der Waals surface area (Å²) < 4.78 is 5.13. The van der Waals surface area contributed by atoms with E-state index in [-0.39, 0.29) is 17.8 Å². The molecule has 0 amide bonds. The Morgan fingerprint density at radius 1 is 1.45 bits per heavy atom. The molecule has 0 radical (unpaired) electrons. The first-order chi connectivity index (χ1) is 9.21. The Morgan fingerprint density at radius 2 is 2.10 bits per heavy atom. The molecule has 2 rings (SSSR count). The van der Waals surface area contributed by atoms with Gasteiger partial charge in [0, 0.05) is 12.0 Å². The van der Waals surface area contributed by atoms with Gasteiger partial charge in [-0.1, -0.05) is 6.58 Å². The van der Waals surface area contributed by atoms with Crippen molar-refractivity contribution in [3.05, 3.63) is 36.0 Å². The maximum absolute atomic E-state index is 11.9. The lowest BCUT2D eigenvalue weighted by atomic mass is 9.83.